The monoisotopic (exact) mass is 406 g/mol. The van der Waals surface area contributed by atoms with Crippen LogP contribution in [0.4, 0.5) is 4.79 Å². The Morgan fingerprint density at radius 1 is 1.00 bits per heavy atom. The van der Waals surface area contributed by atoms with E-state index in [1.807, 2.05) is 68.1 Å². The summed E-state index contributed by atoms with van der Waals surface area (Å²) < 4.78 is 5.20. The molecule has 1 aliphatic rings. The van der Waals surface area contributed by atoms with Crippen LogP contribution in [0.3, 0.4) is 0 Å². The first-order valence-electron chi connectivity index (χ1n) is 10.2. The van der Waals surface area contributed by atoms with Crippen molar-refractivity contribution in [1.29, 1.82) is 0 Å². The molecule has 0 spiro atoms. The maximum absolute atomic E-state index is 13.1. The van der Waals surface area contributed by atoms with Crippen LogP contribution in [0.15, 0.2) is 47.0 Å². The third-order valence-electron chi connectivity index (χ3n) is 5.74. The average molecular weight is 406 g/mol. The fourth-order valence-electron chi connectivity index (χ4n) is 4.15. The van der Waals surface area contributed by atoms with E-state index in [1.165, 1.54) is 0 Å². The lowest BCUT2D eigenvalue weighted by Crippen LogP contribution is -2.53. The van der Waals surface area contributed by atoms with Crippen molar-refractivity contribution in [2.75, 3.05) is 26.2 Å². The molecule has 1 aromatic heterocycles. The number of carbonyl (C=O) groups excluding carboxylic acids is 2. The lowest BCUT2D eigenvalue weighted by molar-refractivity contribution is 0.0665. The predicted molar refractivity (Wildman–Crippen MR) is 114 cm³/mol. The zero-order valence-corrected chi connectivity index (χ0v) is 17.5. The van der Waals surface area contributed by atoms with Crippen molar-refractivity contribution in [2.24, 2.45) is 0 Å². The third kappa shape index (κ3) is 3.75. The van der Waals surface area contributed by atoms with Crippen molar-refractivity contribution in [3.8, 4) is 0 Å². The van der Waals surface area contributed by atoms with Crippen LogP contribution in [0.25, 0.3) is 10.8 Å². The van der Waals surface area contributed by atoms with Gasteiger partial charge in [0.2, 0.25) is 0 Å². The molecule has 156 valence electrons. The highest BCUT2D eigenvalue weighted by molar-refractivity contribution is 6.07. The number of amides is 3. The number of piperazine rings is 1. The van der Waals surface area contributed by atoms with E-state index in [0.29, 0.717) is 37.5 Å². The van der Waals surface area contributed by atoms with E-state index in [9.17, 15) is 9.59 Å². The molecule has 3 amide bonds. The topological polar surface area (TPSA) is 78.7 Å². The number of aromatic nitrogens is 1. The summed E-state index contributed by atoms with van der Waals surface area (Å²) in [5, 5.41) is 8.98. The molecule has 0 saturated carbocycles. The van der Waals surface area contributed by atoms with Gasteiger partial charge in [-0.15, -0.1) is 0 Å². The smallest absolute Gasteiger partial charge is 0.317 e. The summed E-state index contributed by atoms with van der Waals surface area (Å²) >= 11 is 0. The van der Waals surface area contributed by atoms with Crippen molar-refractivity contribution >= 4 is 22.7 Å². The minimum atomic E-state index is -0.195. The summed E-state index contributed by atoms with van der Waals surface area (Å²) in [5.41, 5.74) is 2.40. The first-order valence-corrected chi connectivity index (χ1v) is 10.2. The molecule has 7 nitrogen and oxygen atoms in total. The minimum Gasteiger partial charge on any atom is -0.361 e. The molecule has 1 atom stereocenters. The third-order valence-corrected chi connectivity index (χ3v) is 5.74. The maximum Gasteiger partial charge on any atom is 0.317 e. The molecule has 1 unspecified atom stereocenters. The second-order valence-electron chi connectivity index (χ2n) is 7.71. The minimum absolute atomic E-state index is 0.0101. The number of fused-ring (bicyclic) bond motifs is 1. The van der Waals surface area contributed by atoms with Gasteiger partial charge in [0.15, 0.2) is 0 Å². The van der Waals surface area contributed by atoms with Gasteiger partial charge in [0, 0.05) is 37.3 Å². The second-order valence-corrected chi connectivity index (χ2v) is 7.71. The molecule has 4 rings (SSSR count). The lowest BCUT2D eigenvalue weighted by atomic mass is 10.0. The van der Waals surface area contributed by atoms with E-state index in [-0.39, 0.29) is 18.0 Å². The summed E-state index contributed by atoms with van der Waals surface area (Å²) in [5.74, 6) is 0.724. The van der Waals surface area contributed by atoms with Crippen molar-refractivity contribution in [3.63, 3.8) is 0 Å². The van der Waals surface area contributed by atoms with Gasteiger partial charge in [-0.05, 0) is 37.6 Å². The molecule has 30 heavy (non-hydrogen) atoms. The Morgan fingerprint density at radius 3 is 2.37 bits per heavy atom. The van der Waals surface area contributed by atoms with Crippen LogP contribution in [0.5, 0.6) is 0 Å². The largest absolute Gasteiger partial charge is 0.361 e. The van der Waals surface area contributed by atoms with Crippen molar-refractivity contribution in [1.82, 2.24) is 20.3 Å². The van der Waals surface area contributed by atoms with Crippen LogP contribution >= 0.6 is 0 Å². The Bertz CT molecular complexity index is 1060. The number of benzene rings is 2. The summed E-state index contributed by atoms with van der Waals surface area (Å²) in [4.78, 5) is 29.4. The molecule has 0 aliphatic carbocycles. The second kappa shape index (κ2) is 8.18. The molecule has 1 N–H and O–H groups in total. The summed E-state index contributed by atoms with van der Waals surface area (Å²) in [6.45, 7) is 7.64. The maximum atomic E-state index is 13.1. The highest BCUT2D eigenvalue weighted by atomic mass is 16.5. The molecule has 2 aromatic carbocycles. The van der Waals surface area contributed by atoms with E-state index in [4.69, 9.17) is 4.52 Å². The Labute approximate surface area is 175 Å². The summed E-state index contributed by atoms with van der Waals surface area (Å²) in [6.07, 6.45) is 0. The van der Waals surface area contributed by atoms with Crippen LogP contribution in [0, 0.1) is 13.8 Å². The number of nitrogens with one attached hydrogen (secondary N) is 1. The van der Waals surface area contributed by atoms with Crippen LogP contribution in [-0.4, -0.2) is 53.1 Å². The molecule has 2 heterocycles. The number of urea groups is 1. The highest BCUT2D eigenvalue weighted by Gasteiger charge is 2.27. The van der Waals surface area contributed by atoms with Gasteiger partial charge in [-0.25, -0.2) is 4.79 Å². The predicted octanol–water partition coefficient (Wildman–Crippen LogP) is 3.67. The van der Waals surface area contributed by atoms with E-state index in [0.717, 1.165) is 22.0 Å². The Balaban J connectivity index is 1.39. The Hall–Kier alpha value is -3.35. The van der Waals surface area contributed by atoms with Gasteiger partial charge in [-0.3, -0.25) is 4.79 Å². The van der Waals surface area contributed by atoms with E-state index in [2.05, 4.69) is 10.5 Å². The van der Waals surface area contributed by atoms with E-state index in [1.54, 1.807) is 4.90 Å². The van der Waals surface area contributed by atoms with Crippen molar-refractivity contribution < 1.29 is 14.1 Å². The first-order chi connectivity index (χ1) is 14.5. The molecule has 1 aliphatic heterocycles. The van der Waals surface area contributed by atoms with Crippen LogP contribution in [0.1, 0.15) is 40.3 Å². The van der Waals surface area contributed by atoms with Crippen LogP contribution in [-0.2, 0) is 0 Å². The van der Waals surface area contributed by atoms with Gasteiger partial charge in [-0.2, -0.15) is 0 Å². The van der Waals surface area contributed by atoms with Gasteiger partial charge in [0.25, 0.3) is 5.91 Å². The molecule has 0 radical (unpaired) electrons. The zero-order chi connectivity index (χ0) is 21.3. The molecule has 1 fully saturated rings. The van der Waals surface area contributed by atoms with Gasteiger partial charge >= 0.3 is 6.03 Å². The molecule has 0 bridgehead atoms. The first kappa shape index (κ1) is 19.9. The standard InChI is InChI=1S/C23H26N4O3/c1-15(21-16(2)25-30-17(21)3)24-23(29)27-13-11-26(12-14-27)22(28)20-10-6-8-18-7-4-5-9-19(18)20/h4-10,15H,11-14H2,1-3H3,(H,24,29). The number of aryl methyl sites for hydroxylation is 2. The van der Waals surface area contributed by atoms with Gasteiger partial charge in [0.05, 0.1) is 11.7 Å². The summed E-state index contributed by atoms with van der Waals surface area (Å²) in [7, 11) is 0. The fourth-order valence-corrected chi connectivity index (χ4v) is 4.15. The number of carbonyl (C=O) groups is 2. The Kier molecular flexibility index (Phi) is 5.44. The molecular formula is C23H26N4O3. The molecule has 3 aromatic rings. The van der Waals surface area contributed by atoms with E-state index < -0.39 is 0 Å². The fraction of sp³-hybridized carbons (Fsp3) is 0.348. The number of hydrogen-bond acceptors (Lipinski definition) is 4. The van der Waals surface area contributed by atoms with E-state index >= 15 is 0 Å². The quantitative estimate of drug-likeness (QED) is 0.720. The van der Waals surface area contributed by atoms with Crippen LogP contribution < -0.4 is 5.32 Å². The lowest BCUT2D eigenvalue weighted by Gasteiger charge is -2.35. The highest BCUT2D eigenvalue weighted by Crippen LogP contribution is 2.22. The van der Waals surface area contributed by atoms with Crippen molar-refractivity contribution in [3.05, 3.63) is 65.0 Å². The van der Waals surface area contributed by atoms with Gasteiger partial charge < -0.3 is 19.6 Å². The van der Waals surface area contributed by atoms with Gasteiger partial charge in [0.1, 0.15) is 5.76 Å². The van der Waals surface area contributed by atoms with Crippen molar-refractivity contribution in [2.45, 2.75) is 26.8 Å². The Morgan fingerprint density at radius 2 is 1.67 bits per heavy atom. The normalized spacial score (nSPS) is 15.3. The number of rotatable bonds is 3. The molecule has 1 saturated heterocycles. The number of hydrogen-bond donors (Lipinski definition) is 1. The SMILES string of the molecule is Cc1noc(C)c1C(C)NC(=O)N1CCN(C(=O)c2cccc3ccccc23)CC1. The average Bonchev–Trinajstić information content (AvgIpc) is 3.11. The van der Waals surface area contributed by atoms with Crippen LogP contribution in [0.2, 0.25) is 0 Å². The summed E-state index contributed by atoms with van der Waals surface area (Å²) in [6, 6.07) is 13.4. The number of nitrogens with zero attached hydrogens (tertiary/aromatic N) is 3. The molecular weight excluding hydrogens is 380 g/mol. The zero-order valence-electron chi connectivity index (χ0n) is 17.5. The van der Waals surface area contributed by atoms with Gasteiger partial charge in [-0.1, -0.05) is 41.6 Å². The molecule has 7 heteroatoms.